The van der Waals surface area contributed by atoms with Crippen LogP contribution in [0, 0.1) is 0 Å². The zero-order valence-corrected chi connectivity index (χ0v) is 13.1. The SMILES string of the molecule is CO[C@@H](C)/C(N)=N\O[C@H](C)C(=O)NCc1ccccc1Cl. The van der Waals surface area contributed by atoms with Crippen LogP contribution in [0.3, 0.4) is 0 Å². The molecule has 1 amide bonds. The Bertz CT molecular complexity index is 508. The van der Waals surface area contributed by atoms with Crippen molar-refractivity contribution in [2.75, 3.05) is 7.11 Å². The molecule has 1 rings (SSSR count). The second-order valence-corrected chi connectivity index (χ2v) is 4.86. The summed E-state index contributed by atoms with van der Waals surface area (Å²) in [6.07, 6.45) is -1.14. The number of benzene rings is 1. The van der Waals surface area contributed by atoms with Gasteiger partial charge in [0, 0.05) is 18.7 Å². The van der Waals surface area contributed by atoms with Gasteiger partial charge in [0.1, 0.15) is 6.10 Å². The van der Waals surface area contributed by atoms with Crippen molar-refractivity contribution in [1.29, 1.82) is 0 Å². The molecule has 0 fully saturated rings. The third kappa shape index (κ3) is 5.61. The van der Waals surface area contributed by atoms with E-state index in [1.807, 2.05) is 18.2 Å². The number of methoxy groups -OCH3 is 1. The highest BCUT2D eigenvalue weighted by Gasteiger charge is 2.15. The number of carbonyl (C=O) groups is 1. The zero-order chi connectivity index (χ0) is 15.8. The number of amidine groups is 1. The summed E-state index contributed by atoms with van der Waals surface area (Å²) in [5, 5.41) is 6.99. The maximum Gasteiger partial charge on any atom is 0.263 e. The number of oxime groups is 1. The fourth-order valence-electron chi connectivity index (χ4n) is 1.35. The van der Waals surface area contributed by atoms with Crippen molar-refractivity contribution in [3.05, 3.63) is 34.9 Å². The molecule has 2 atom stereocenters. The minimum atomic E-state index is -0.768. The van der Waals surface area contributed by atoms with Crippen molar-refractivity contribution in [2.24, 2.45) is 10.9 Å². The van der Waals surface area contributed by atoms with Crippen molar-refractivity contribution in [3.8, 4) is 0 Å². The molecule has 7 heteroatoms. The Hall–Kier alpha value is -1.79. The highest BCUT2D eigenvalue weighted by atomic mass is 35.5. The van der Waals surface area contributed by atoms with Crippen LogP contribution < -0.4 is 11.1 Å². The zero-order valence-electron chi connectivity index (χ0n) is 12.3. The summed E-state index contributed by atoms with van der Waals surface area (Å²) >= 11 is 6.01. The van der Waals surface area contributed by atoms with Gasteiger partial charge in [0.15, 0.2) is 5.84 Å². The van der Waals surface area contributed by atoms with Crippen LogP contribution in [0.1, 0.15) is 19.4 Å². The normalized spacial score (nSPS) is 14.4. The Morgan fingerprint density at radius 1 is 1.38 bits per heavy atom. The number of rotatable bonds is 7. The van der Waals surface area contributed by atoms with E-state index < -0.39 is 6.10 Å². The Labute approximate surface area is 129 Å². The first-order valence-corrected chi connectivity index (χ1v) is 6.86. The lowest BCUT2D eigenvalue weighted by molar-refractivity contribution is -0.131. The van der Waals surface area contributed by atoms with Gasteiger partial charge in [-0.2, -0.15) is 0 Å². The van der Waals surface area contributed by atoms with Crippen LogP contribution >= 0.6 is 11.6 Å². The van der Waals surface area contributed by atoms with E-state index in [0.29, 0.717) is 11.6 Å². The lowest BCUT2D eigenvalue weighted by Crippen LogP contribution is -2.34. The van der Waals surface area contributed by atoms with Crippen molar-refractivity contribution < 1.29 is 14.4 Å². The molecule has 0 aliphatic rings. The molecule has 6 nitrogen and oxygen atoms in total. The third-order valence-electron chi connectivity index (χ3n) is 2.87. The Kier molecular flexibility index (Phi) is 6.98. The number of carbonyl (C=O) groups excluding carboxylic acids is 1. The Morgan fingerprint density at radius 3 is 2.67 bits per heavy atom. The molecule has 0 heterocycles. The van der Waals surface area contributed by atoms with Crippen molar-refractivity contribution in [3.63, 3.8) is 0 Å². The second kappa shape index (κ2) is 8.49. The maximum absolute atomic E-state index is 11.9. The van der Waals surface area contributed by atoms with Gasteiger partial charge in [-0.25, -0.2) is 0 Å². The molecule has 0 radical (unpaired) electrons. The number of ether oxygens (including phenoxy) is 1. The molecule has 0 aromatic heterocycles. The molecule has 0 aliphatic heterocycles. The van der Waals surface area contributed by atoms with Gasteiger partial charge in [-0.05, 0) is 25.5 Å². The second-order valence-electron chi connectivity index (χ2n) is 4.45. The van der Waals surface area contributed by atoms with Crippen LogP contribution in [0.4, 0.5) is 0 Å². The third-order valence-corrected chi connectivity index (χ3v) is 3.24. The van der Waals surface area contributed by atoms with Gasteiger partial charge < -0.3 is 20.6 Å². The summed E-state index contributed by atoms with van der Waals surface area (Å²) in [6, 6.07) is 7.28. The minimum absolute atomic E-state index is 0.170. The smallest absolute Gasteiger partial charge is 0.263 e. The van der Waals surface area contributed by atoms with Gasteiger partial charge in [0.2, 0.25) is 6.10 Å². The lowest BCUT2D eigenvalue weighted by Gasteiger charge is -2.13. The lowest BCUT2D eigenvalue weighted by atomic mass is 10.2. The van der Waals surface area contributed by atoms with E-state index in [9.17, 15) is 4.79 Å². The van der Waals surface area contributed by atoms with E-state index in [0.717, 1.165) is 5.56 Å². The highest BCUT2D eigenvalue weighted by Crippen LogP contribution is 2.14. The molecule has 0 saturated carbocycles. The van der Waals surface area contributed by atoms with E-state index in [2.05, 4.69) is 10.5 Å². The summed E-state index contributed by atoms with van der Waals surface area (Å²) in [5.74, 6) is -0.139. The molecule has 0 saturated heterocycles. The van der Waals surface area contributed by atoms with E-state index in [4.69, 9.17) is 26.9 Å². The van der Waals surface area contributed by atoms with Gasteiger partial charge in [-0.3, -0.25) is 4.79 Å². The van der Waals surface area contributed by atoms with Crippen LogP contribution in [0.25, 0.3) is 0 Å². The number of hydrogen-bond acceptors (Lipinski definition) is 4. The molecule has 116 valence electrons. The average Bonchev–Trinajstić information content (AvgIpc) is 2.50. The molecular weight excluding hydrogens is 294 g/mol. The summed E-state index contributed by atoms with van der Waals surface area (Å²) < 4.78 is 4.97. The largest absolute Gasteiger partial charge is 0.382 e. The number of nitrogens with zero attached hydrogens (tertiary/aromatic N) is 1. The predicted octanol–water partition coefficient (Wildman–Crippen LogP) is 1.67. The standard InChI is InChI=1S/C14H20ClN3O3/c1-9(20-3)13(16)18-21-10(2)14(19)17-8-11-6-4-5-7-12(11)15/h4-7,9-10H,8H2,1-3H3,(H2,16,18)(H,17,19)/t9-,10+/m0/s1. The monoisotopic (exact) mass is 313 g/mol. The number of nitrogens with one attached hydrogen (secondary N) is 1. The van der Waals surface area contributed by atoms with Crippen LogP contribution in [0.15, 0.2) is 29.4 Å². The van der Waals surface area contributed by atoms with Crippen molar-refractivity contribution in [1.82, 2.24) is 5.32 Å². The topological polar surface area (TPSA) is 85.9 Å². The Morgan fingerprint density at radius 2 is 2.05 bits per heavy atom. The molecule has 0 spiro atoms. The van der Waals surface area contributed by atoms with E-state index in [1.165, 1.54) is 7.11 Å². The minimum Gasteiger partial charge on any atom is -0.382 e. The van der Waals surface area contributed by atoms with Crippen molar-refractivity contribution >= 4 is 23.3 Å². The van der Waals surface area contributed by atoms with Crippen molar-refractivity contribution in [2.45, 2.75) is 32.6 Å². The highest BCUT2D eigenvalue weighted by molar-refractivity contribution is 6.31. The average molecular weight is 314 g/mol. The molecule has 1 aromatic rings. The first-order valence-electron chi connectivity index (χ1n) is 6.48. The summed E-state index contributed by atoms with van der Waals surface area (Å²) in [6.45, 7) is 3.63. The molecule has 3 N–H and O–H groups in total. The molecule has 1 aromatic carbocycles. The van der Waals surface area contributed by atoms with Gasteiger partial charge in [-0.15, -0.1) is 0 Å². The van der Waals surface area contributed by atoms with Crippen LogP contribution in [0.2, 0.25) is 5.02 Å². The fourth-order valence-corrected chi connectivity index (χ4v) is 1.55. The van der Waals surface area contributed by atoms with Gasteiger partial charge >= 0.3 is 0 Å². The molecule has 0 bridgehead atoms. The molecule has 0 unspecified atom stereocenters. The maximum atomic E-state index is 11.9. The quantitative estimate of drug-likeness (QED) is 0.455. The Balaban J connectivity index is 2.47. The molecule has 0 aliphatic carbocycles. The molecular formula is C14H20ClN3O3. The first kappa shape index (κ1) is 17.3. The number of halogens is 1. The fraction of sp³-hybridized carbons (Fsp3) is 0.429. The number of nitrogens with two attached hydrogens (primary N) is 1. The summed E-state index contributed by atoms with van der Waals surface area (Å²) in [5.41, 5.74) is 6.44. The molecule has 21 heavy (non-hydrogen) atoms. The van der Waals surface area contributed by atoms with Crippen LogP contribution in [-0.2, 0) is 20.9 Å². The number of amides is 1. The van der Waals surface area contributed by atoms with E-state index in [-0.39, 0.29) is 17.8 Å². The number of hydrogen-bond donors (Lipinski definition) is 2. The van der Waals surface area contributed by atoms with Gasteiger partial charge in [-0.1, -0.05) is 35.0 Å². The van der Waals surface area contributed by atoms with Crippen LogP contribution in [-0.4, -0.2) is 31.1 Å². The van der Waals surface area contributed by atoms with E-state index >= 15 is 0 Å². The van der Waals surface area contributed by atoms with Gasteiger partial charge in [0.25, 0.3) is 5.91 Å². The van der Waals surface area contributed by atoms with E-state index in [1.54, 1.807) is 19.9 Å². The van der Waals surface area contributed by atoms with Crippen LogP contribution in [0.5, 0.6) is 0 Å². The summed E-state index contributed by atoms with van der Waals surface area (Å²) in [7, 11) is 1.51. The summed E-state index contributed by atoms with van der Waals surface area (Å²) in [4.78, 5) is 16.9. The predicted molar refractivity (Wildman–Crippen MR) is 81.9 cm³/mol. The first-order chi connectivity index (χ1) is 9.95. The van der Waals surface area contributed by atoms with Gasteiger partial charge in [0.05, 0.1) is 0 Å².